The maximum atomic E-state index is 12.9. The predicted molar refractivity (Wildman–Crippen MR) is 98.1 cm³/mol. The summed E-state index contributed by atoms with van der Waals surface area (Å²) in [6.07, 6.45) is 1.58. The highest BCUT2D eigenvalue weighted by atomic mass is 16.4. The molecule has 0 aliphatic carbocycles. The van der Waals surface area contributed by atoms with E-state index in [0.29, 0.717) is 10.9 Å². The maximum Gasteiger partial charge on any atom is 0.326 e. The molecule has 3 aromatic rings. The van der Waals surface area contributed by atoms with Gasteiger partial charge < -0.3 is 10.0 Å². The van der Waals surface area contributed by atoms with Crippen molar-refractivity contribution in [2.24, 2.45) is 0 Å². The number of benzene rings is 2. The first-order chi connectivity index (χ1) is 13.0. The van der Waals surface area contributed by atoms with Gasteiger partial charge in [-0.3, -0.25) is 14.2 Å². The van der Waals surface area contributed by atoms with Crippen LogP contribution < -0.4 is 5.56 Å². The van der Waals surface area contributed by atoms with Gasteiger partial charge in [-0.25, -0.2) is 9.78 Å². The molecule has 1 unspecified atom stereocenters. The van der Waals surface area contributed by atoms with Gasteiger partial charge in [0.1, 0.15) is 12.6 Å². The molecule has 1 aliphatic rings. The Balaban J connectivity index is 1.65. The normalized spacial score (nSPS) is 16.1. The van der Waals surface area contributed by atoms with E-state index in [0.717, 1.165) is 11.1 Å². The molecule has 0 saturated heterocycles. The largest absolute Gasteiger partial charge is 0.480 e. The van der Waals surface area contributed by atoms with Gasteiger partial charge in [0, 0.05) is 13.0 Å². The van der Waals surface area contributed by atoms with Crippen molar-refractivity contribution in [2.75, 3.05) is 0 Å². The second-order valence-corrected chi connectivity index (χ2v) is 6.54. The minimum absolute atomic E-state index is 0.210. The highest BCUT2D eigenvalue weighted by Crippen LogP contribution is 2.23. The number of hydrogen-bond donors (Lipinski definition) is 1. The van der Waals surface area contributed by atoms with Gasteiger partial charge >= 0.3 is 5.97 Å². The Morgan fingerprint density at radius 1 is 1.07 bits per heavy atom. The van der Waals surface area contributed by atoms with Crippen LogP contribution in [0.5, 0.6) is 0 Å². The summed E-state index contributed by atoms with van der Waals surface area (Å²) in [5.41, 5.74) is 2.09. The van der Waals surface area contributed by atoms with Crippen molar-refractivity contribution >= 4 is 22.8 Å². The summed E-state index contributed by atoms with van der Waals surface area (Å²) in [5.74, 6) is -1.47. The van der Waals surface area contributed by atoms with Crippen LogP contribution in [-0.4, -0.2) is 37.5 Å². The van der Waals surface area contributed by atoms with Crippen molar-refractivity contribution in [2.45, 2.75) is 25.6 Å². The van der Waals surface area contributed by atoms with Gasteiger partial charge in [-0.15, -0.1) is 0 Å². The summed E-state index contributed by atoms with van der Waals surface area (Å²) in [4.78, 5) is 42.7. The summed E-state index contributed by atoms with van der Waals surface area (Å²) in [5, 5.41) is 9.99. The fourth-order valence-corrected chi connectivity index (χ4v) is 3.46. The molecule has 0 bridgehead atoms. The van der Waals surface area contributed by atoms with Gasteiger partial charge in [0.15, 0.2) is 0 Å². The maximum absolute atomic E-state index is 12.9. The van der Waals surface area contributed by atoms with Crippen LogP contribution in [0.1, 0.15) is 11.1 Å². The van der Waals surface area contributed by atoms with Crippen LogP contribution >= 0.6 is 0 Å². The average Bonchev–Trinajstić information content (AvgIpc) is 2.69. The number of aromatic nitrogens is 2. The number of hydrogen-bond acceptors (Lipinski definition) is 4. The van der Waals surface area contributed by atoms with E-state index < -0.39 is 17.9 Å². The molecule has 0 radical (unpaired) electrons. The monoisotopic (exact) mass is 363 g/mol. The first kappa shape index (κ1) is 17.0. The number of carbonyl (C=O) groups excluding carboxylic acids is 1. The molecule has 1 atom stereocenters. The van der Waals surface area contributed by atoms with E-state index in [1.165, 1.54) is 15.8 Å². The lowest BCUT2D eigenvalue weighted by Crippen LogP contribution is -2.50. The zero-order chi connectivity index (χ0) is 19.0. The summed E-state index contributed by atoms with van der Waals surface area (Å²) in [6.45, 7) is -0.0374. The molecule has 2 aromatic carbocycles. The molecule has 0 saturated carbocycles. The predicted octanol–water partition coefficient (Wildman–Crippen LogP) is 1.43. The summed E-state index contributed by atoms with van der Waals surface area (Å²) >= 11 is 0. The van der Waals surface area contributed by atoms with Crippen LogP contribution in [0, 0.1) is 0 Å². The molecule has 2 heterocycles. The molecule has 0 spiro atoms. The van der Waals surface area contributed by atoms with Crippen LogP contribution in [0.3, 0.4) is 0 Å². The third-order valence-corrected chi connectivity index (χ3v) is 4.89. The Hall–Kier alpha value is -3.48. The molecule has 1 aliphatic heterocycles. The molecule has 1 amide bonds. The van der Waals surface area contributed by atoms with Crippen molar-refractivity contribution in [1.82, 2.24) is 14.5 Å². The molecular weight excluding hydrogens is 346 g/mol. The van der Waals surface area contributed by atoms with E-state index in [-0.39, 0.29) is 25.1 Å². The van der Waals surface area contributed by atoms with Crippen molar-refractivity contribution in [3.05, 3.63) is 76.3 Å². The SMILES string of the molecule is O=C(O)C1Cc2ccccc2CN1C(=O)Cn1cnc2ccccc2c1=O. The lowest BCUT2D eigenvalue weighted by atomic mass is 9.94. The first-order valence-corrected chi connectivity index (χ1v) is 8.58. The van der Waals surface area contributed by atoms with Crippen molar-refractivity contribution in [3.8, 4) is 0 Å². The fraction of sp³-hybridized carbons (Fsp3) is 0.200. The third-order valence-electron chi connectivity index (χ3n) is 4.89. The Kier molecular flexibility index (Phi) is 4.19. The second-order valence-electron chi connectivity index (χ2n) is 6.54. The zero-order valence-corrected chi connectivity index (χ0v) is 14.4. The number of carboxylic acids is 1. The molecular formula is C20H17N3O4. The lowest BCUT2D eigenvalue weighted by molar-refractivity contribution is -0.151. The second kappa shape index (κ2) is 6.68. The minimum atomic E-state index is -1.05. The number of para-hydroxylation sites is 1. The third kappa shape index (κ3) is 3.08. The Labute approximate surface area is 154 Å². The fourth-order valence-electron chi connectivity index (χ4n) is 3.46. The van der Waals surface area contributed by atoms with Gasteiger partial charge in [0.2, 0.25) is 5.91 Å². The number of carbonyl (C=O) groups is 2. The Morgan fingerprint density at radius 2 is 1.78 bits per heavy atom. The Bertz CT molecular complexity index is 1110. The van der Waals surface area contributed by atoms with Gasteiger partial charge in [0.25, 0.3) is 5.56 Å². The number of nitrogens with zero attached hydrogens (tertiary/aromatic N) is 3. The molecule has 27 heavy (non-hydrogen) atoms. The van der Waals surface area contributed by atoms with Crippen LogP contribution in [0.15, 0.2) is 59.7 Å². The van der Waals surface area contributed by atoms with Crippen molar-refractivity contribution in [1.29, 1.82) is 0 Å². The van der Waals surface area contributed by atoms with Crippen LogP contribution in [0.4, 0.5) is 0 Å². The van der Waals surface area contributed by atoms with Crippen LogP contribution in [-0.2, 0) is 29.1 Å². The topological polar surface area (TPSA) is 92.5 Å². The lowest BCUT2D eigenvalue weighted by Gasteiger charge is -2.34. The summed E-state index contributed by atoms with van der Waals surface area (Å²) < 4.78 is 1.23. The molecule has 7 nitrogen and oxygen atoms in total. The molecule has 1 aromatic heterocycles. The van der Waals surface area contributed by atoms with E-state index >= 15 is 0 Å². The van der Waals surface area contributed by atoms with Crippen molar-refractivity contribution < 1.29 is 14.7 Å². The smallest absolute Gasteiger partial charge is 0.326 e. The summed E-state index contributed by atoms with van der Waals surface area (Å²) in [7, 11) is 0. The van der Waals surface area contributed by atoms with E-state index in [1.807, 2.05) is 24.3 Å². The van der Waals surface area contributed by atoms with E-state index in [9.17, 15) is 19.5 Å². The number of rotatable bonds is 3. The van der Waals surface area contributed by atoms with Gasteiger partial charge in [-0.05, 0) is 23.3 Å². The van der Waals surface area contributed by atoms with Gasteiger partial charge in [0.05, 0.1) is 17.2 Å². The molecule has 1 N–H and O–H groups in total. The number of amides is 1. The Morgan fingerprint density at radius 3 is 2.56 bits per heavy atom. The standard InChI is InChI=1S/C20H17N3O4/c24-18(11-22-12-21-16-8-4-3-7-15(16)19(22)25)23-10-14-6-2-1-5-13(14)9-17(23)20(26)27/h1-8,12,17H,9-11H2,(H,26,27). The van der Waals surface area contributed by atoms with Crippen molar-refractivity contribution in [3.63, 3.8) is 0 Å². The first-order valence-electron chi connectivity index (χ1n) is 8.58. The number of fused-ring (bicyclic) bond motifs is 2. The quantitative estimate of drug-likeness (QED) is 0.760. The molecule has 7 heteroatoms. The van der Waals surface area contributed by atoms with E-state index in [1.54, 1.807) is 24.3 Å². The van der Waals surface area contributed by atoms with Crippen LogP contribution in [0.25, 0.3) is 10.9 Å². The highest BCUT2D eigenvalue weighted by molar-refractivity contribution is 5.85. The van der Waals surface area contributed by atoms with Crippen LogP contribution in [0.2, 0.25) is 0 Å². The van der Waals surface area contributed by atoms with E-state index in [4.69, 9.17) is 0 Å². The molecule has 4 rings (SSSR count). The number of aliphatic carboxylic acids is 1. The molecule has 136 valence electrons. The molecule has 0 fully saturated rings. The average molecular weight is 363 g/mol. The van der Waals surface area contributed by atoms with Gasteiger partial charge in [-0.1, -0.05) is 36.4 Å². The number of carboxylic acid groups (broad SMARTS) is 1. The van der Waals surface area contributed by atoms with Gasteiger partial charge in [-0.2, -0.15) is 0 Å². The summed E-state index contributed by atoms with van der Waals surface area (Å²) in [6, 6.07) is 13.4. The minimum Gasteiger partial charge on any atom is -0.480 e. The highest BCUT2D eigenvalue weighted by Gasteiger charge is 2.34. The zero-order valence-electron chi connectivity index (χ0n) is 14.4. The van der Waals surface area contributed by atoms with E-state index in [2.05, 4.69) is 4.98 Å².